The van der Waals surface area contributed by atoms with Gasteiger partial charge in [-0.1, -0.05) is 41.9 Å². The van der Waals surface area contributed by atoms with Crippen LogP contribution >= 0.6 is 11.6 Å². The highest BCUT2D eigenvalue weighted by atomic mass is 35.5. The largest absolute Gasteiger partial charge is 0.497 e. The van der Waals surface area contributed by atoms with Gasteiger partial charge in [-0.2, -0.15) is 0 Å². The van der Waals surface area contributed by atoms with Crippen molar-refractivity contribution in [1.82, 2.24) is 5.32 Å². The van der Waals surface area contributed by atoms with Crippen LogP contribution in [0.5, 0.6) is 5.75 Å². The minimum Gasteiger partial charge on any atom is -0.497 e. The molecule has 19 heavy (non-hydrogen) atoms. The third-order valence-electron chi connectivity index (χ3n) is 3.17. The fourth-order valence-electron chi connectivity index (χ4n) is 1.92. The summed E-state index contributed by atoms with van der Waals surface area (Å²) in [4.78, 5) is 0. The Kier molecular flexibility index (Phi) is 4.83. The first-order valence-electron chi connectivity index (χ1n) is 6.31. The van der Waals surface area contributed by atoms with Gasteiger partial charge >= 0.3 is 0 Å². The Morgan fingerprint density at radius 3 is 2.42 bits per heavy atom. The van der Waals surface area contributed by atoms with Crippen molar-refractivity contribution in [2.45, 2.75) is 19.5 Å². The monoisotopic (exact) mass is 275 g/mol. The van der Waals surface area contributed by atoms with Crippen LogP contribution in [-0.4, -0.2) is 7.11 Å². The molecule has 0 saturated carbocycles. The predicted molar refractivity (Wildman–Crippen MR) is 79.7 cm³/mol. The molecule has 2 nitrogen and oxygen atoms in total. The molecule has 0 amide bonds. The predicted octanol–water partition coefficient (Wildman–Crippen LogP) is 4.20. The average Bonchev–Trinajstić information content (AvgIpc) is 2.46. The fourth-order valence-corrected chi connectivity index (χ4v) is 2.12. The normalized spacial score (nSPS) is 12.2. The molecule has 2 aromatic rings. The van der Waals surface area contributed by atoms with E-state index in [0.717, 1.165) is 22.9 Å². The van der Waals surface area contributed by atoms with Crippen LogP contribution in [-0.2, 0) is 6.54 Å². The molecule has 0 aliphatic rings. The van der Waals surface area contributed by atoms with Crippen molar-refractivity contribution in [2.24, 2.45) is 0 Å². The number of ether oxygens (including phenoxy) is 1. The van der Waals surface area contributed by atoms with Gasteiger partial charge in [0.25, 0.3) is 0 Å². The number of hydrogen-bond donors (Lipinski definition) is 1. The molecule has 0 radical (unpaired) electrons. The van der Waals surface area contributed by atoms with Crippen molar-refractivity contribution >= 4 is 11.6 Å². The molecule has 3 heteroatoms. The summed E-state index contributed by atoms with van der Waals surface area (Å²) < 4.78 is 5.16. The number of halogens is 1. The van der Waals surface area contributed by atoms with Crippen molar-refractivity contribution in [3.63, 3.8) is 0 Å². The molecule has 0 bridgehead atoms. The summed E-state index contributed by atoms with van der Waals surface area (Å²) in [5.41, 5.74) is 2.34. The first kappa shape index (κ1) is 13.9. The fraction of sp³-hybridized carbons (Fsp3) is 0.250. The first-order chi connectivity index (χ1) is 9.20. The molecule has 1 N–H and O–H groups in total. The van der Waals surface area contributed by atoms with Gasteiger partial charge in [0, 0.05) is 17.6 Å². The van der Waals surface area contributed by atoms with Crippen LogP contribution in [0.1, 0.15) is 24.1 Å². The molecule has 0 saturated heterocycles. The lowest BCUT2D eigenvalue weighted by Crippen LogP contribution is -2.18. The third kappa shape index (κ3) is 3.72. The Morgan fingerprint density at radius 1 is 1.11 bits per heavy atom. The molecule has 0 fully saturated rings. The van der Waals surface area contributed by atoms with Crippen LogP contribution in [0.3, 0.4) is 0 Å². The van der Waals surface area contributed by atoms with Crippen LogP contribution < -0.4 is 10.1 Å². The molecule has 100 valence electrons. The summed E-state index contributed by atoms with van der Waals surface area (Å²) in [5.74, 6) is 0.877. The van der Waals surface area contributed by atoms with Gasteiger partial charge in [-0.3, -0.25) is 0 Å². The van der Waals surface area contributed by atoms with Crippen LogP contribution in [0.25, 0.3) is 0 Å². The number of methoxy groups -OCH3 is 1. The molecular formula is C16H18ClNO. The van der Waals surface area contributed by atoms with Gasteiger partial charge in [-0.25, -0.2) is 0 Å². The second-order valence-corrected chi connectivity index (χ2v) is 4.87. The molecular weight excluding hydrogens is 258 g/mol. The molecule has 0 aliphatic heterocycles. The van der Waals surface area contributed by atoms with Gasteiger partial charge in [0.05, 0.1) is 7.11 Å². The van der Waals surface area contributed by atoms with Crippen molar-refractivity contribution in [3.05, 3.63) is 64.7 Å². The van der Waals surface area contributed by atoms with E-state index in [2.05, 4.69) is 24.4 Å². The minimum absolute atomic E-state index is 0.266. The zero-order chi connectivity index (χ0) is 13.7. The van der Waals surface area contributed by atoms with Crippen molar-refractivity contribution in [2.75, 3.05) is 7.11 Å². The minimum atomic E-state index is 0.266. The second-order valence-electron chi connectivity index (χ2n) is 4.47. The first-order valence-corrected chi connectivity index (χ1v) is 6.69. The Bertz CT molecular complexity index is 525. The van der Waals surface area contributed by atoms with Gasteiger partial charge in [-0.05, 0) is 36.2 Å². The lowest BCUT2D eigenvalue weighted by molar-refractivity contribution is 0.414. The lowest BCUT2D eigenvalue weighted by Gasteiger charge is -2.15. The van der Waals surface area contributed by atoms with E-state index in [4.69, 9.17) is 16.3 Å². The quantitative estimate of drug-likeness (QED) is 0.883. The van der Waals surface area contributed by atoms with E-state index in [1.165, 1.54) is 5.56 Å². The second kappa shape index (κ2) is 6.60. The molecule has 0 spiro atoms. The summed E-state index contributed by atoms with van der Waals surface area (Å²) in [6, 6.07) is 16.3. The number of hydrogen-bond acceptors (Lipinski definition) is 2. The van der Waals surface area contributed by atoms with E-state index >= 15 is 0 Å². The lowest BCUT2D eigenvalue weighted by atomic mass is 10.1. The molecule has 0 heterocycles. The SMILES string of the molecule is COc1ccc([C@@H](C)NCc2ccccc2Cl)cc1. The van der Waals surface area contributed by atoms with Crippen LogP contribution in [0.2, 0.25) is 5.02 Å². The Balaban J connectivity index is 1.97. The zero-order valence-electron chi connectivity index (χ0n) is 11.2. The van der Waals surface area contributed by atoms with Gasteiger partial charge < -0.3 is 10.1 Å². The van der Waals surface area contributed by atoms with Crippen molar-refractivity contribution in [1.29, 1.82) is 0 Å². The van der Waals surface area contributed by atoms with Crippen molar-refractivity contribution < 1.29 is 4.74 Å². The van der Waals surface area contributed by atoms with Crippen molar-refractivity contribution in [3.8, 4) is 5.75 Å². The highest BCUT2D eigenvalue weighted by Crippen LogP contribution is 2.19. The average molecular weight is 276 g/mol. The van der Waals surface area contributed by atoms with E-state index < -0.39 is 0 Å². The highest BCUT2D eigenvalue weighted by molar-refractivity contribution is 6.31. The van der Waals surface area contributed by atoms with E-state index in [-0.39, 0.29) is 6.04 Å². The Morgan fingerprint density at radius 2 is 1.79 bits per heavy atom. The summed E-state index contributed by atoms with van der Waals surface area (Å²) >= 11 is 6.14. The van der Waals surface area contributed by atoms with Crippen LogP contribution in [0.4, 0.5) is 0 Å². The number of nitrogens with one attached hydrogen (secondary N) is 1. The summed E-state index contributed by atoms with van der Waals surface area (Å²) in [6.07, 6.45) is 0. The molecule has 0 aromatic heterocycles. The van der Waals surface area contributed by atoms with Gasteiger partial charge in [-0.15, -0.1) is 0 Å². The number of rotatable bonds is 5. The van der Waals surface area contributed by atoms with E-state index in [0.29, 0.717) is 0 Å². The standard InChI is InChI=1S/C16H18ClNO/c1-12(13-7-9-15(19-2)10-8-13)18-11-14-5-3-4-6-16(14)17/h3-10,12,18H,11H2,1-2H3/t12-/m1/s1. The molecule has 1 atom stereocenters. The molecule has 0 unspecified atom stereocenters. The van der Waals surface area contributed by atoms with Crippen LogP contribution in [0.15, 0.2) is 48.5 Å². The van der Waals surface area contributed by atoms with Gasteiger partial charge in [0.1, 0.15) is 5.75 Å². The van der Waals surface area contributed by atoms with Gasteiger partial charge in [0.2, 0.25) is 0 Å². The van der Waals surface area contributed by atoms with Crippen LogP contribution in [0, 0.1) is 0 Å². The smallest absolute Gasteiger partial charge is 0.118 e. The molecule has 2 rings (SSSR count). The third-order valence-corrected chi connectivity index (χ3v) is 3.54. The maximum atomic E-state index is 6.14. The summed E-state index contributed by atoms with van der Waals surface area (Å²) in [6.45, 7) is 2.89. The zero-order valence-corrected chi connectivity index (χ0v) is 11.9. The van der Waals surface area contributed by atoms with E-state index in [1.54, 1.807) is 7.11 Å². The molecule has 2 aromatic carbocycles. The molecule has 0 aliphatic carbocycles. The number of benzene rings is 2. The van der Waals surface area contributed by atoms with E-state index in [9.17, 15) is 0 Å². The van der Waals surface area contributed by atoms with E-state index in [1.807, 2.05) is 36.4 Å². The Labute approximate surface area is 119 Å². The summed E-state index contributed by atoms with van der Waals surface area (Å²) in [5, 5.41) is 4.27. The maximum absolute atomic E-state index is 6.14. The summed E-state index contributed by atoms with van der Waals surface area (Å²) in [7, 11) is 1.67. The Hall–Kier alpha value is -1.51. The van der Waals surface area contributed by atoms with Gasteiger partial charge in [0.15, 0.2) is 0 Å². The topological polar surface area (TPSA) is 21.3 Å². The highest BCUT2D eigenvalue weighted by Gasteiger charge is 2.06. The maximum Gasteiger partial charge on any atom is 0.118 e.